The van der Waals surface area contributed by atoms with Crippen LogP contribution in [0.2, 0.25) is 0 Å². The van der Waals surface area contributed by atoms with Gasteiger partial charge in [-0.15, -0.1) is 0 Å². The van der Waals surface area contributed by atoms with E-state index < -0.39 is 0 Å². The van der Waals surface area contributed by atoms with Gasteiger partial charge in [0, 0.05) is 11.3 Å². The quantitative estimate of drug-likeness (QED) is 0.714. The molecule has 1 aliphatic rings. The van der Waals surface area contributed by atoms with Crippen LogP contribution in [0.3, 0.4) is 0 Å². The summed E-state index contributed by atoms with van der Waals surface area (Å²) in [7, 11) is 0. The van der Waals surface area contributed by atoms with Gasteiger partial charge in [0.1, 0.15) is 0 Å². The fraction of sp³-hybridized carbons (Fsp3) is 0.615. The van der Waals surface area contributed by atoms with Gasteiger partial charge in [-0.25, -0.2) is 0 Å². The Morgan fingerprint density at radius 1 is 1.40 bits per heavy atom. The predicted molar refractivity (Wildman–Crippen MR) is 68.2 cm³/mol. The van der Waals surface area contributed by atoms with E-state index in [4.69, 9.17) is 0 Å². The summed E-state index contributed by atoms with van der Waals surface area (Å²) in [6, 6.07) is 0. The molecule has 2 heteroatoms. The number of Topliss-reactive ketones (excluding diaryl/α,β-unsaturated/α-hetero) is 1. The van der Waals surface area contributed by atoms with Crippen molar-refractivity contribution >= 4 is 17.5 Å². The summed E-state index contributed by atoms with van der Waals surface area (Å²) < 4.78 is 0. The van der Waals surface area contributed by atoms with Gasteiger partial charge in [-0.2, -0.15) is 11.8 Å². The zero-order chi connectivity index (χ0) is 11.7. The summed E-state index contributed by atoms with van der Waals surface area (Å²) in [5, 5.41) is 0. The Kier molecular flexibility index (Phi) is 3.49. The van der Waals surface area contributed by atoms with E-state index in [9.17, 15) is 4.79 Å². The van der Waals surface area contributed by atoms with E-state index in [1.807, 2.05) is 31.4 Å². The molecule has 1 atom stereocenters. The van der Waals surface area contributed by atoms with Crippen LogP contribution in [-0.2, 0) is 4.79 Å². The van der Waals surface area contributed by atoms with E-state index >= 15 is 0 Å². The molecule has 1 nitrogen and oxygen atoms in total. The standard InChI is InChI=1S/C13H20OS/c1-12(2,3)10-7-6-8-13(4,9-15-5)11(10)14/h6-8H,9H2,1-5H3. The lowest BCUT2D eigenvalue weighted by atomic mass is 9.72. The van der Waals surface area contributed by atoms with Gasteiger partial charge in [0.15, 0.2) is 5.78 Å². The third-order valence-electron chi connectivity index (χ3n) is 2.74. The van der Waals surface area contributed by atoms with Gasteiger partial charge in [0.05, 0.1) is 5.41 Å². The molecule has 1 aliphatic carbocycles. The zero-order valence-corrected chi connectivity index (χ0v) is 11.1. The van der Waals surface area contributed by atoms with Crippen LogP contribution in [0.25, 0.3) is 0 Å². The predicted octanol–water partition coefficient (Wildman–Crippen LogP) is 3.47. The molecule has 0 heterocycles. The third-order valence-corrected chi connectivity index (χ3v) is 3.63. The number of carbonyl (C=O) groups excluding carboxylic acids is 1. The number of hydrogen-bond acceptors (Lipinski definition) is 2. The van der Waals surface area contributed by atoms with Crippen LogP contribution in [0, 0.1) is 10.8 Å². The molecule has 0 bridgehead atoms. The van der Waals surface area contributed by atoms with Crippen LogP contribution in [0.4, 0.5) is 0 Å². The number of thioether (sulfide) groups is 1. The molecule has 0 aromatic heterocycles. The van der Waals surface area contributed by atoms with Crippen LogP contribution in [0.15, 0.2) is 23.8 Å². The first-order valence-electron chi connectivity index (χ1n) is 5.25. The summed E-state index contributed by atoms with van der Waals surface area (Å²) in [4.78, 5) is 12.4. The van der Waals surface area contributed by atoms with E-state index in [-0.39, 0.29) is 16.6 Å². The maximum atomic E-state index is 12.4. The molecule has 0 aromatic carbocycles. The molecule has 0 amide bonds. The number of allylic oxidation sites excluding steroid dienone is 4. The molecule has 0 aliphatic heterocycles. The molecule has 15 heavy (non-hydrogen) atoms. The van der Waals surface area contributed by atoms with Crippen LogP contribution in [-0.4, -0.2) is 17.8 Å². The molecule has 1 rings (SSSR count). The average molecular weight is 224 g/mol. The Labute approximate surface area is 97.0 Å². The Hall–Kier alpha value is -0.500. The number of carbonyl (C=O) groups is 1. The minimum absolute atomic E-state index is 0.0541. The lowest BCUT2D eigenvalue weighted by Crippen LogP contribution is -2.35. The normalized spacial score (nSPS) is 26.7. The number of rotatable bonds is 2. The third kappa shape index (κ3) is 2.54. The van der Waals surface area contributed by atoms with Gasteiger partial charge in [-0.05, 0) is 18.6 Å². The van der Waals surface area contributed by atoms with E-state index in [0.29, 0.717) is 0 Å². The summed E-state index contributed by atoms with van der Waals surface area (Å²) in [5.41, 5.74) is 0.583. The van der Waals surface area contributed by atoms with E-state index in [2.05, 4.69) is 20.8 Å². The molecule has 0 spiro atoms. The highest BCUT2D eigenvalue weighted by atomic mass is 32.2. The van der Waals surface area contributed by atoms with Gasteiger partial charge >= 0.3 is 0 Å². The van der Waals surface area contributed by atoms with Crippen molar-refractivity contribution in [3.63, 3.8) is 0 Å². The Morgan fingerprint density at radius 3 is 2.47 bits per heavy atom. The molecule has 0 aromatic rings. The molecule has 1 unspecified atom stereocenters. The Balaban J connectivity index is 3.03. The second kappa shape index (κ2) is 4.17. The van der Waals surface area contributed by atoms with Crippen LogP contribution in [0.1, 0.15) is 27.7 Å². The minimum atomic E-state index is -0.309. The van der Waals surface area contributed by atoms with Crippen molar-refractivity contribution in [2.24, 2.45) is 10.8 Å². The number of ketones is 1. The fourth-order valence-electron chi connectivity index (χ4n) is 1.82. The second-order valence-electron chi connectivity index (χ2n) is 5.37. The maximum absolute atomic E-state index is 12.4. The highest BCUT2D eigenvalue weighted by Gasteiger charge is 2.37. The zero-order valence-electron chi connectivity index (χ0n) is 10.3. The van der Waals surface area contributed by atoms with E-state index in [1.165, 1.54) is 0 Å². The SMILES string of the molecule is CSCC1(C)C=CC=C(C(C)(C)C)C1=O. The first kappa shape index (κ1) is 12.6. The molecule has 84 valence electrons. The lowest BCUT2D eigenvalue weighted by molar-refractivity contribution is -0.122. The highest BCUT2D eigenvalue weighted by Crippen LogP contribution is 2.37. The largest absolute Gasteiger partial charge is 0.294 e. The van der Waals surface area contributed by atoms with Crippen molar-refractivity contribution in [1.82, 2.24) is 0 Å². The van der Waals surface area contributed by atoms with Crippen molar-refractivity contribution in [2.75, 3.05) is 12.0 Å². The van der Waals surface area contributed by atoms with Gasteiger partial charge in [0.25, 0.3) is 0 Å². The second-order valence-corrected chi connectivity index (χ2v) is 6.24. The van der Waals surface area contributed by atoms with Crippen LogP contribution < -0.4 is 0 Å². The first-order valence-corrected chi connectivity index (χ1v) is 6.64. The Bertz CT molecular complexity index is 320. The monoisotopic (exact) mass is 224 g/mol. The molecule has 0 saturated heterocycles. The summed E-state index contributed by atoms with van der Waals surface area (Å²) in [5.74, 6) is 1.14. The fourth-order valence-corrected chi connectivity index (χ4v) is 2.65. The average Bonchev–Trinajstić information content (AvgIpc) is 2.08. The summed E-state index contributed by atoms with van der Waals surface area (Å²) in [6.07, 6.45) is 8.06. The molecular weight excluding hydrogens is 204 g/mol. The lowest BCUT2D eigenvalue weighted by Gasteiger charge is -2.33. The van der Waals surface area contributed by atoms with Crippen molar-refractivity contribution in [3.05, 3.63) is 23.8 Å². The van der Waals surface area contributed by atoms with Crippen molar-refractivity contribution in [1.29, 1.82) is 0 Å². The van der Waals surface area contributed by atoms with Crippen molar-refractivity contribution in [2.45, 2.75) is 27.7 Å². The minimum Gasteiger partial charge on any atom is -0.294 e. The molecular formula is C13H20OS. The van der Waals surface area contributed by atoms with E-state index in [1.54, 1.807) is 11.8 Å². The first-order chi connectivity index (χ1) is 6.81. The van der Waals surface area contributed by atoms with Crippen molar-refractivity contribution < 1.29 is 4.79 Å². The van der Waals surface area contributed by atoms with Crippen LogP contribution in [0.5, 0.6) is 0 Å². The van der Waals surface area contributed by atoms with Gasteiger partial charge in [-0.3, -0.25) is 4.79 Å². The van der Waals surface area contributed by atoms with Gasteiger partial charge in [0.2, 0.25) is 0 Å². The Morgan fingerprint density at radius 2 is 2.00 bits per heavy atom. The number of hydrogen-bond donors (Lipinski definition) is 0. The summed E-state index contributed by atoms with van der Waals surface area (Å²) in [6.45, 7) is 8.31. The van der Waals surface area contributed by atoms with E-state index in [0.717, 1.165) is 11.3 Å². The van der Waals surface area contributed by atoms with Crippen molar-refractivity contribution in [3.8, 4) is 0 Å². The maximum Gasteiger partial charge on any atom is 0.169 e. The van der Waals surface area contributed by atoms with Crippen LogP contribution >= 0.6 is 11.8 Å². The molecule has 0 fully saturated rings. The molecule has 0 radical (unpaired) electrons. The highest BCUT2D eigenvalue weighted by molar-refractivity contribution is 7.98. The smallest absolute Gasteiger partial charge is 0.169 e. The molecule has 0 N–H and O–H groups in total. The van der Waals surface area contributed by atoms with Gasteiger partial charge < -0.3 is 0 Å². The topological polar surface area (TPSA) is 17.1 Å². The molecule has 0 saturated carbocycles. The van der Waals surface area contributed by atoms with Gasteiger partial charge in [-0.1, -0.05) is 39.0 Å². The summed E-state index contributed by atoms with van der Waals surface area (Å²) >= 11 is 1.72.